The minimum absolute atomic E-state index is 0.00357. The van der Waals surface area contributed by atoms with Gasteiger partial charge in [0, 0.05) is 5.02 Å². The number of hydrogen-bond donors (Lipinski definition) is 1. The second-order valence-electron chi connectivity index (χ2n) is 4.43. The zero-order chi connectivity index (χ0) is 16.2. The number of benzene rings is 1. The van der Waals surface area contributed by atoms with Gasteiger partial charge in [0.25, 0.3) is 5.82 Å². The maximum Gasteiger partial charge on any atom is 0.252 e. The maximum absolute atomic E-state index is 12.1. The van der Waals surface area contributed by atoms with Gasteiger partial charge in [0.15, 0.2) is 0 Å². The van der Waals surface area contributed by atoms with Crippen LogP contribution in [0.2, 0.25) is 5.02 Å². The number of carbonyl (C=O) groups is 1. The van der Waals surface area contributed by atoms with E-state index in [1.54, 1.807) is 24.3 Å². The minimum atomic E-state index is -0.344. The summed E-state index contributed by atoms with van der Waals surface area (Å²) < 4.78 is 2.78. The topological polar surface area (TPSA) is 114 Å². The zero-order valence-corrected chi connectivity index (χ0v) is 12.3. The van der Waals surface area contributed by atoms with Crippen molar-refractivity contribution >= 4 is 23.2 Å². The first-order valence-electron chi connectivity index (χ1n) is 6.39. The van der Waals surface area contributed by atoms with Crippen molar-refractivity contribution < 1.29 is 4.79 Å². The molecule has 0 aliphatic rings. The van der Waals surface area contributed by atoms with Crippen LogP contribution in [0.4, 0.5) is 5.69 Å². The Hall–Kier alpha value is -3.25. The normalized spacial score (nSPS) is 10.3. The highest BCUT2D eigenvalue weighted by atomic mass is 35.5. The van der Waals surface area contributed by atoms with E-state index in [0.29, 0.717) is 16.4 Å². The number of nitriles is 1. The zero-order valence-electron chi connectivity index (χ0n) is 11.6. The first-order chi connectivity index (χ1) is 11.2. The minimum Gasteiger partial charge on any atom is -0.323 e. The van der Waals surface area contributed by atoms with Gasteiger partial charge in [-0.15, -0.1) is 5.10 Å². The molecule has 0 aliphatic carbocycles. The average Bonchev–Trinajstić information content (AvgIpc) is 3.18. The fraction of sp³-hybridized carbons (Fsp3) is 0.0769. The highest BCUT2D eigenvalue weighted by Crippen LogP contribution is 2.23. The first kappa shape index (κ1) is 14.7. The number of hydrogen-bond acceptors (Lipinski definition) is 6. The third-order valence-corrected chi connectivity index (χ3v) is 3.08. The van der Waals surface area contributed by atoms with Gasteiger partial charge in [-0.2, -0.15) is 10.4 Å². The van der Waals surface area contributed by atoms with Crippen LogP contribution in [0, 0.1) is 11.3 Å². The van der Waals surface area contributed by atoms with Gasteiger partial charge in [-0.05, 0) is 18.2 Å². The van der Waals surface area contributed by atoms with Gasteiger partial charge in [-0.25, -0.2) is 19.3 Å². The summed E-state index contributed by atoms with van der Waals surface area (Å²) in [6.07, 6.45) is 4.21. The molecule has 2 heterocycles. The van der Waals surface area contributed by atoms with E-state index < -0.39 is 0 Å². The Morgan fingerprint density at radius 3 is 2.96 bits per heavy atom. The maximum atomic E-state index is 12.1. The highest BCUT2D eigenvalue weighted by Gasteiger charge is 2.11. The Morgan fingerprint density at radius 1 is 1.39 bits per heavy atom. The summed E-state index contributed by atoms with van der Waals surface area (Å²) >= 11 is 5.98. The van der Waals surface area contributed by atoms with Gasteiger partial charge in [0.2, 0.25) is 5.91 Å². The molecule has 1 amide bonds. The molecule has 0 saturated heterocycles. The fourth-order valence-corrected chi connectivity index (χ4v) is 2.07. The standard InChI is InChI=1S/C13H9ClN8O/c14-9-1-2-11(22-7-16-6-18-22)10(3-9)19-13(23)5-21-8-17-12(4-15)20-21/h1-3,6-8H,5H2,(H,19,23). The van der Waals surface area contributed by atoms with Crippen LogP contribution in [-0.4, -0.2) is 35.4 Å². The summed E-state index contributed by atoms with van der Waals surface area (Å²) in [4.78, 5) is 19.8. The molecule has 0 spiro atoms. The number of nitrogens with zero attached hydrogens (tertiary/aromatic N) is 7. The van der Waals surface area contributed by atoms with E-state index in [2.05, 4.69) is 25.5 Å². The van der Waals surface area contributed by atoms with E-state index in [9.17, 15) is 4.79 Å². The largest absolute Gasteiger partial charge is 0.323 e. The van der Waals surface area contributed by atoms with Crippen LogP contribution in [0.15, 0.2) is 37.2 Å². The van der Waals surface area contributed by atoms with E-state index in [-0.39, 0.29) is 18.3 Å². The molecule has 3 aromatic rings. The van der Waals surface area contributed by atoms with Crippen LogP contribution in [0.1, 0.15) is 5.82 Å². The Bertz CT molecular complexity index is 880. The Kier molecular flexibility index (Phi) is 3.99. The number of anilines is 1. The van der Waals surface area contributed by atoms with Gasteiger partial charge in [0.1, 0.15) is 31.6 Å². The third-order valence-electron chi connectivity index (χ3n) is 2.84. The average molecular weight is 329 g/mol. The van der Waals surface area contributed by atoms with E-state index in [1.807, 2.05) is 0 Å². The molecular formula is C13H9ClN8O. The van der Waals surface area contributed by atoms with Crippen molar-refractivity contribution in [3.05, 3.63) is 48.0 Å². The van der Waals surface area contributed by atoms with Gasteiger partial charge in [-0.1, -0.05) is 11.6 Å². The number of rotatable bonds is 4. The van der Waals surface area contributed by atoms with Crippen molar-refractivity contribution in [2.75, 3.05) is 5.32 Å². The summed E-state index contributed by atoms with van der Waals surface area (Å²) in [5.41, 5.74) is 1.10. The molecule has 0 aliphatic heterocycles. The summed E-state index contributed by atoms with van der Waals surface area (Å²) in [6.45, 7) is -0.0853. The van der Waals surface area contributed by atoms with Gasteiger partial charge in [-0.3, -0.25) is 4.79 Å². The third kappa shape index (κ3) is 3.33. The Morgan fingerprint density at radius 2 is 2.26 bits per heavy atom. The molecule has 0 unspecified atom stereocenters. The highest BCUT2D eigenvalue weighted by molar-refractivity contribution is 6.31. The van der Waals surface area contributed by atoms with Crippen molar-refractivity contribution in [1.82, 2.24) is 29.5 Å². The lowest BCUT2D eigenvalue weighted by molar-refractivity contribution is -0.116. The predicted octanol–water partition coefficient (Wildman–Crippen LogP) is 1.02. The molecule has 114 valence electrons. The molecule has 0 atom stereocenters. The molecule has 0 fully saturated rings. The fourth-order valence-electron chi connectivity index (χ4n) is 1.90. The quantitative estimate of drug-likeness (QED) is 0.764. The van der Waals surface area contributed by atoms with Gasteiger partial charge in [0.05, 0.1) is 11.4 Å². The molecule has 3 rings (SSSR count). The van der Waals surface area contributed by atoms with Crippen LogP contribution in [0.25, 0.3) is 5.69 Å². The molecule has 0 radical (unpaired) electrons. The Balaban J connectivity index is 1.80. The number of amides is 1. The monoisotopic (exact) mass is 328 g/mol. The lowest BCUT2D eigenvalue weighted by Gasteiger charge is -2.11. The van der Waals surface area contributed by atoms with Crippen LogP contribution >= 0.6 is 11.6 Å². The second kappa shape index (κ2) is 6.25. The molecule has 0 saturated carbocycles. The number of halogens is 1. The van der Waals surface area contributed by atoms with Crippen LogP contribution in [0.3, 0.4) is 0 Å². The van der Waals surface area contributed by atoms with Crippen molar-refractivity contribution in [2.45, 2.75) is 6.54 Å². The van der Waals surface area contributed by atoms with Gasteiger partial charge < -0.3 is 5.32 Å². The molecule has 0 bridgehead atoms. The van der Waals surface area contributed by atoms with E-state index in [1.165, 1.54) is 28.3 Å². The van der Waals surface area contributed by atoms with E-state index in [4.69, 9.17) is 16.9 Å². The molecule has 1 N–H and O–H groups in total. The van der Waals surface area contributed by atoms with Crippen molar-refractivity contribution in [3.63, 3.8) is 0 Å². The molecule has 10 heteroatoms. The Labute approximate surface area is 135 Å². The van der Waals surface area contributed by atoms with Crippen molar-refractivity contribution in [3.8, 4) is 11.8 Å². The van der Waals surface area contributed by atoms with Crippen LogP contribution in [0.5, 0.6) is 0 Å². The summed E-state index contributed by atoms with van der Waals surface area (Å²) in [6, 6.07) is 6.81. The lowest BCUT2D eigenvalue weighted by atomic mass is 10.2. The van der Waals surface area contributed by atoms with Crippen LogP contribution < -0.4 is 5.32 Å². The number of nitrogens with one attached hydrogen (secondary N) is 1. The van der Waals surface area contributed by atoms with Gasteiger partial charge >= 0.3 is 0 Å². The lowest BCUT2D eigenvalue weighted by Crippen LogP contribution is -2.20. The van der Waals surface area contributed by atoms with Crippen molar-refractivity contribution in [1.29, 1.82) is 5.26 Å². The molecular weight excluding hydrogens is 320 g/mol. The SMILES string of the molecule is N#Cc1ncn(CC(=O)Nc2cc(Cl)ccc2-n2cncn2)n1. The first-order valence-corrected chi connectivity index (χ1v) is 6.77. The van der Waals surface area contributed by atoms with E-state index in [0.717, 1.165) is 0 Å². The van der Waals surface area contributed by atoms with Crippen LogP contribution in [-0.2, 0) is 11.3 Å². The summed E-state index contributed by atoms with van der Waals surface area (Å²) in [5, 5.41) is 19.7. The number of carbonyl (C=O) groups excluding carboxylic acids is 1. The van der Waals surface area contributed by atoms with E-state index >= 15 is 0 Å². The molecule has 2 aromatic heterocycles. The summed E-state index contributed by atoms with van der Waals surface area (Å²) in [7, 11) is 0. The summed E-state index contributed by atoms with van der Waals surface area (Å²) in [5.74, 6) is -0.341. The molecule has 9 nitrogen and oxygen atoms in total. The van der Waals surface area contributed by atoms with Crippen molar-refractivity contribution in [2.24, 2.45) is 0 Å². The number of aromatic nitrogens is 6. The predicted molar refractivity (Wildman–Crippen MR) is 79.7 cm³/mol. The molecule has 23 heavy (non-hydrogen) atoms. The second-order valence-corrected chi connectivity index (χ2v) is 4.86. The molecule has 1 aromatic carbocycles. The smallest absolute Gasteiger partial charge is 0.252 e.